The maximum atomic E-state index is 12.5. The fraction of sp³-hybridized carbons (Fsp3) is 0.500. The number of ether oxygens (including phenoxy) is 1. The first kappa shape index (κ1) is 17.0. The highest BCUT2D eigenvalue weighted by atomic mass is 16.5. The molecular formula is C16H23NO4. The monoisotopic (exact) mass is 293 g/mol. The number of aliphatic carboxylic acids is 1. The van der Waals surface area contributed by atoms with Crippen LogP contribution in [0.25, 0.3) is 0 Å². The Morgan fingerprint density at radius 3 is 2.48 bits per heavy atom. The Labute approximate surface area is 125 Å². The smallest absolute Gasteiger partial charge is 0.305 e. The van der Waals surface area contributed by atoms with Gasteiger partial charge in [-0.15, -0.1) is 0 Å². The van der Waals surface area contributed by atoms with Gasteiger partial charge in [-0.2, -0.15) is 0 Å². The van der Waals surface area contributed by atoms with Gasteiger partial charge in [0.2, 0.25) is 0 Å². The second-order valence-corrected chi connectivity index (χ2v) is 5.23. The zero-order valence-corrected chi connectivity index (χ0v) is 13.0. The van der Waals surface area contributed by atoms with E-state index in [1.54, 1.807) is 36.1 Å². The van der Waals surface area contributed by atoms with Crippen LogP contribution in [0.15, 0.2) is 24.3 Å². The minimum atomic E-state index is -0.911. The van der Waals surface area contributed by atoms with Crippen molar-refractivity contribution in [3.8, 4) is 5.75 Å². The average molecular weight is 293 g/mol. The summed E-state index contributed by atoms with van der Waals surface area (Å²) in [5.41, 5.74) is 0.507. The van der Waals surface area contributed by atoms with Crippen LogP contribution in [-0.4, -0.2) is 40.6 Å². The number of amides is 1. The van der Waals surface area contributed by atoms with Crippen molar-refractivity contribution < 1.29 is 19.4 Å². The van der Waals surface area contributed by atoms with Crippen molar-refractivity contribution in [1.82, 2.24) is 4.90 Å². The molecule has 0 spiro atoms. The molecule has 1 unspecified atom stereocenters. The first-order valence-electron chi connectivity index (χ1n) is 7.14. The van der Waals surface area contributed by atoms with Gasteiger partial charge < -0.3 is 14.7 Å². The number of carbonyl (C=O) groups excluding carboxylic acids is 1. The van der Waals surface area contributed by atoms with Crippen molar-refractivity contribution >= 4 is 11.9 Å². The Balaban J connectivity index is 2.91. The average Bonchev–Trinajstić information content (AvgIpc) is 2.38. The highest BCUT2D eigenvalue weighted by Gasteiger charge is 2.22. The summed E-state index contributed by atoms with van der Waals surface area (Å²) in [5.74, 6) is -0.455. The number of carbonyl (C=O) groups is 2. The maximum Gasteiger partial charge on any atom is 0.305 e. The molecule has 0 aliphatic rings. The van der Waals surface area contributed by atoms with Gasteiger partial charge in [0.15, 0.2) is 0 Å². The molecule has 116 valence electrons. The van der Waals surface area contributed by atoms with Crippen LogP contribution in [0.2, 0.25) is 0 Å². The number of nitrogens with zero attached hydrogens (tertiary/aromatic N) is 1. The zero-order valence-electron chi connectivity index (χ0n) is 13.0. The first-order chi connectivity index (χ1) is 9.85. The first-order valence-corrected chi connectivity index (χ1v) is 7.14. The minimum absolute atomic E-state index is 0.0311. The van der Waals surface area contributed by atoms with E-state index < -0.39 is 5.97 Å². The molecule has 1 rings (SSSR count). The third-order valence-corrected chi connectivity index (χ3v) is 3.06. The molecule has 0 heterocycles. The van der Waals surface area contributed by atoms with E-state index in [9.17, 15) is 9.59 Å². The zero-order chi connectivity index (χ0) is 16.0. The standard InChI is InChI=1S/C16H23NO4/c1-5-17(12(4)9-15(18)19)16(20)13-7-6-8-14(10-13)21-11(2)3/h6-8,10-12H,5,9H2,1-4H3,(H,18,19). The number of benzene rings is 1. The van der Waals surface area contributed by atoms with E-state index in [0.29, 0.717) is 17.9 Å². The molecule has 0 bridgehead atoms. The molecule has 0 fully saturated rings. The van der Waals surface area contributed by atoms with Crippen LogP contribution in [0.1, 0.15) is 44.5 Å². The summed E-state index contributed by atoms with van der Waals surface area (Å²) >= 11 is 0. The lowest BCUT2D eigenvalue weighted by molar-refractivity contribution is -0.138. The maximum absolute atomic E-state index is 12.5. The number of rotatable bonds is 7. The molecule has 1 atom stereocenters. The summed E-state index contributed by atoms with van der Waals surface area (Å²) in [4.78, 5) is 24.9. The number of hydrogen-bond acceptors (Lipinski definition) is 3. The highest BCUT2D eigenvalue weighted by Crippen LogP contribution is 2.18. The summed E-state index contributed by atoms with van der Waals surface area (Å²) in [5, 5.41) is 8.87. The van der Waals surface area contributed by atoms with Gasteiger partial charge in [0, 0.05) is 18.2 Å². The molecule has 21 heavy (non-hydrogen) atoms. The molecule has 0 radical (unpaired) electrons. The normalized spacial score (nSPS) is 12.0. The Morgan fingerprint density at radius 1 is 1.29 bits per heavy atom. The Morgan fingerprint density at radius 2 is 1.95 bits per heavy atom. The lowest BCUT2D eigenvalue weighted by Crippen LogP contribution is -2.39. The third-order valence-electron chi connectivity index (χ3n) is 3.06. The van der Waals surface area contributed by atoms with Crippen LogP contribution in [0.4, 0.5) is 0 Å². The molecule has 0 aliphatic heterocycles. The highest BCUT2D eigenvalue weighted by molar-refractivity contribution is 5.95. The Hall–Kier alpha value is -2.04. The second kappa shape index (κ2) is 7.67. The van der Waals surface area contributed by atoms with Gasteiger partial charge in [-0.3, -0.25) is 9.59 Å². The van der Waals surface area contributed by atoms with Gasteiger partial charge in [-0.1, -0.05) is 6.07 Å². The van der Waals surface area contributed by atoms with Gasteiger partial charge in [-0.25, -0.2) is 0 Å². The van der Waals surface area contributed by atoms with E-state index in [0.717, 1.165) is 0 Å². The van der Waals surface area contributed by atoms with Crippen molar-refractivity contribution in [3.63, 3.8) is 0 Å². The van der Waals surface area contributed by atoms with Crippen molar-refractivity contribution in [3.05, 3.63) is 29.8 Å². The third kappa shape index (κ3) is 5.10. The predicted octanol–water partition coefficient (Wildman–Crippen LogP) is 2.80. The molecular weight excluding hydrogens is 270 g/mol. The molecule has 0 saturated carbocycles. The van der Waals surface area contributed by atoms with Crippen LogP contribution < -0.4 is 4.74 Å². The fourth-order valence-electron chi connectivity index (χ4n) is 2.16. The van der Waals surface area contributed by atoms with Crippen LogP contribution >= 0.6 is 0 Å². The fourth-order valence-corrected chi connectivity index (χ4v) is 2.16. The van der Waals surface area contributed by atoms with Gasteiger partial charge in [0.1, 0.15) is 5.75 Å². The summed E-state index contributed by atoms with van der Waals surface area (Å²) in [7, 11) is 0. The van der Waals surface area contributed by atoms with E-state index in [4.69, 9.17) is 9.84 Å². The molecule has 0 aromatic heterocycles. The summed E-state index contributed by atoms with van der Waals surface area (Å²) in [6.45, 7) is 7.88. The van der Waals surface area contributed by atoms with E-state index in [1.165, 1.54) is 0 Å². The molecule has 1 N–H and O–H groups in total. The minimum Gasteiger partial charge on any atom is -0.491 e. The molecule has 1 aromatic carbocycles. The second-order valence-electron chi connectivity index (χ2n) is 5.23. The van der Waals surface area contributed by atoms with E-state index >= 15 is 0 Å². The number of carboxylic acid groups (broad SMARTS) is 1. The molecule has 0 aliphatic carbocycles. The number of carboxylic acids is 1. The molecule has 0 saturated heterocycles. The topological polar surface area (TPSA) is 66.8 Å². The quantitative estimate of drug-likeness (QED) is 0.839. The summed E-state index contributed by atoms with van der Waals surface area (Å²) in [6, 6.07) is 6.62. The predicted molar refractivity (Wildman–Crippen MR) is 80.6 cm³/mol. The Bertz CT molecular complexity index is 499. The molecule has 1 aromatic rings. The van der Waals surface area contributed by atoms with Crippen molar-refractivity contribution in [1.29, 1.82) is 0 Å². The van der Waals surface area contributed by atoms with Crippen molar-refractivity contribution in [2.24, 2.45) is 0 Å². The van der Waals surface area contributed by atoms with Crippen molar-refractivity contribution in [2.45, 2.75) is 46.3 Å². The van der Waals surface area contributed by atoms with Gasteiger partial charge in [-0.05, 0) is 45.9 Å². The van der Waals surface area contributed by atoms with Crippen LogP contribution in [0.3, 0.4) is 0 Å². The van der Waals surface area contributed by atoms with Crippen molar-refractivity contribution in [2.75, 3.05) is 6.54 Å². The Kier molecular flexibility index (Phi) is 6.21. The number of hydrogen-bond donors (Lipinski definition) is 1. The molecule has 5 heteroatoms. The van der Waals surface area contributed by atoms with Crippen LogP contribution in [0, 0.1) is 0 Å². The summed E-state index contributed by atoms with van der Waals surface area (Å²) < 4.78 is 5.58. The lowest BCUT2D eigenvalue weighted by Gasteiger charge is -2.27. The summed E-state index contributed by atoms with van der Waals surface area (Å²) in [6.07, 6.45) is -0.0366. The van der Waals surface area contributed by atoms with E-state index in [2.05, 4.69) is 0 Å². The van der Waals surface area contributed by atoms with E-state index in [1.807, 2.05) is 20.8 Å². The van der Waals surface area contributed by atoms with E-state index in [-0.39, 0.29) is 24.5 Å². The molecule has 1 amide bonds. The van der Waals surface area contributed by atoms with Crippen LogP contribution in [-0.2, 0) is 4.79 Å². The lowest BCUT2D eigenvalue weighted by atomic mass is 10.1. The molecule has 5 nitrogen and oxygen atoms in total. The van der Waals surface area contributed by atoms with Crippen LogP contribution in [0.5, 0.6) is 5.75 Å². The van der Waals surface area contributed by atoms with Gasteiger partial charge in [0.05, 0.1) is 12.5 Å². The van der Waals surface area contributed by atoms with Gasteiger partial charge >= 0.3 is 5.97 Å². The van der Waals surface area contributed by atoms with Gasteiger partial charge in [0.25, 0.3) is 5.91 Å². The largest absolute Gasteiger partial charge is 0.491 e. The SMILES string of the molecule is CCN(C(=O)c1cccc(OC(C)C)c1)C(C)CC(=O)O.